The first-order chi connectivity index (χ1) is 12.3. The van der Waals surface area contributed by atoms with Crippen molar-refractivity contribution >= 4 is 17.2 Å². The summed E-state index contributed by atoms with van der Waals surface area (Å²) in [5.74, 6) is -0.165. The van der Waals surface area contributed by atoms with E-state index in [9.17, 15) is 25.4 Å². The van der Waals surface area contributed by atoms with Crippen LogP contribution in [0.3, 0.4) is 0 Å². The Morgan fingerprint density at radius 2 is 2.19 bits per heavy atom. The van der Waals surface area contributed by atoms with Crippen molar-refractivity contribution in [2.45, 2.75) is 43.4 Å². The smallest absolute Gasteiger partial charge is 0.228 e. The maximum atomic E-state index is 11.9. The first kappa shape index (κ1) is 16.9. The van der Waals surface area contributed by atoms with E-state index in [1.54, 1.807) is 32.0 Å². The van der Waals surface area contributed by atoms with Crippen LogP contribution in [0.2, 0.25) is 0 Å². The van der Waals surface area contributed by atoms with Gasteiger partial charge >= 0.3 is 0 Å². The van der Waals surface area contributed by atoms with Gasteiger partial charge < -0.3 is 25.4 Å². The quantitative estimate of drug-likeness (QED) is 0.551. The number of nitrogens with zero attached hydrogens (tertiary/aromatic N) is 4. The molecule has 2 fully saturated rings. The zero-order chi connectivity index (χ0) is 18.9. The van der Waals surface area contributed by atoms with Crippen molar-refractivity contribution in [3.8, 4) is 6.07 Å². The van der Waals surface area contributed by atoms with Crippen molar-refractivity contribution in [2.75, 3.05) is 5.32 Å². The molecular formula is C16H17N5O5. The molecule has 136 valence electrons. The van der Waals surface area contributed by atoms with E-state index in [0.29, 0.717) is 11.2 Å². The third kappa shape index (κ3) is 1.85. The van der Waals surface area contributed by atoms with Crippen molar-refractivity contribution in [1.82, 2.24) is 14.6 Å². The predicted octanol–water partition coefficient (Wildman–Crippen LogP) is -0.876. The number of rotatable bonds is 3. The van der Waals surface area contributed by atoms with Crippen molar-refractivity contribution < 1.29 is 24.9 Å². The number of ether oxygens (including phenoxy) is 1. The van der Waals surface area contributed by atoms with Crippen molar-refractivity contribution in [1.29, 1.82) is 5.26 Å². The van der Waals surface area contributed by atoms with Gasteiger partial charge in [-0.15, -0.1) is 0 Å². The van der Waals surface area contributed by atoms with E-state index in [0.717, 1.165) is 0 Å². The van der Waals surface area contributed by atoms with Gasteiger partial charge in [-0.3, -0.25) is 4.79 Å². The lowest BCUT2D eigenvalue weighted by Crippen LogP contribution is -2.35. The van der Waals surface area contributed by atoms with Crippen molar-refractivity contribution in [3.05, 3.63) is 24.2 Å². The number of hydrogen-bond acceptors (Lipinski definition) is 8. The number of carbonyl (C=O) groups excluding carboxylic acids is 1. The van der Waals surface area contributed by atoms with Crippen LogP contribution in [-0.4, -0.2) is 59.2 Å². The molecule has 4 rings (SSSR count). The summed E-state index contributed by atoms with van der Waals surface area (Å²) in [6, 6.07) is 4.97. The molecule has 2 aromatic heterocycles. The first-order valence-electron chi connectivity index (χ1n) is 8.09. The second-order valence-corrected chi connectivity index (χ2v) is 6.87. The Morgan fingerprint density at radius 3 is 2.81 bits per heavy atom. The molecule has 5 atom stereocenters. The van der Waals surface area contributed by atoms with E-state index in [4.69, 9.17) is 4.74 Å². The summed E-state index contributed by atoms with van der Waals surface area (Å²) in [4.78, 5) is 16.0. The van der Waals surface area contributed by atoms with Gasteiger partial charge in [-0.25, -0.2) is 9.50 Å². The number of amides is 1. The minimum atomic E-state index is -2.04. The van der Waals surface area contributed by atoms with E-state index >= 15 is 0 Å². The highest BCUT2D eigenvalue weighted by atomic mass is 16.6. The molecule has 10 nitrogen and oxygen atoms in total. The van der Waals surface area contributed by atoms with Crippen LogP contribution in [0.4, 0.5) is 5.82 Å². The van der Waals surface area contributed by atoms with Crippen LogP contribution >= 0.6 is 0 Å². The fraction of sp³-hybridized carbons (Fsp3) is 0.500. The molecule has 2 aromatic rings. The highest BCUT2D eigenvalue weighted by Crippen LogP contribution is 2.63. The Hall–Kier alpha value is -2.58. The molecule has 0 spiro atoms. The zero-order valence-electron chi connectivity index (χ0n) is 14.0. The average Bonchev–Trinajstić information content (AvgIpc) is 2.94. The van der Waals surface area contributed by atoms with Gasteiger partial charge in [0.05, 0.1) is 5.69 Å². The molecule has 0 radical (unpaired) electrons. The van der Waals surface area contributed by atoms with Gasteiger partial charge in [0.1, 0.15) is 36.2 Å². The summed E-state index contributed by atoms with van der Waals surface area (Å²) < 4.78 is 6.94. The van der Waals surface area contributed by atoms with Crippen LogP contribution in [0.1, 0.15) is 25.6 Å². The molecule has 1 aliphatic heterocycles. The Balaban J connectivity index is 1.72. The van der Waals surface area contributed by atoms with Crippen LogP contribution < -0.4 is 5.32 Å². The standard InChI is InChI=1S/C16H17N5O5/c1-7(2)13(23)20-12-9-4-3-8(21(9)19-6-18-12)10-11(22)16(25)14(24)15(16,5-17)26-10/h3-4,6-7,10-11,14,22,24-25H,1-2H3,(H,18,19,20,23)/t10-,11-,14?,15+,16+/m0/s1. The summed E-state index contributed by atoms with van der Waals surface area (Å²) in [6.07, 6.45) is -2.83. The van der Waals surface area contributed by atoms with E-state index in [-0.39, 0.29) is 17.6 Å². The summed E-state index contributed by atoms with van der Waals surface area (Å²) >= 11 is 0. The third-order valence-corrected chi connectivity index (χ3v) is 5.07. The molecule has 0 aromatic carbocycles. The Labute approximate surface area is 147 Å². The first-order valence-corrected chi connectivity index (χ1v) is 8.09. The number of aliphatic hydroxyl groups excluding tert-OH is 2. The second-order valence-electron chi connectivity index (χ2n) is 6.87. The lowest BCUT2D eigenvalue weighted by atomic mass is 10.0. The maximum Gasteiger partial charge on any atom is 0.228 e. The van der Waals surface area contributed by atoms with E-state index in [1.807, 2.05) is 0 Å². The van der Waals surface area contributed by atoms with Crippen LogP contribution in [0.25, 0.3) is 5.52 Å². The number of aromatic nitrogens is 3. The topological polar surface area (TPSA) is 153 Å². The van der Waals surface area contributed by atoms with Gasteiger partial charge in [-0.05, 0) is 12.1 Å². The summed E-state index contributed by atoms with van der Waals surface area (Å²) in [5, 5.41) is 46.7. The van der Waals surface area contributed by atoms with Crippen LogP contribution in [0, 0.1) is 17.2 Å². The Kier molecular flexibility index (Phi) is 3.38. The molecule has 1 saturated heterocycles. The van der Waals surface area contributed by atoms with E-state index in [1.165, 1.54) is 10.8 Å². The molecular weight excluding hydrogens is 342 g/mol. The molecule has 26 heavy (non-hydrogen) atoms. The number of nitriles is 1. The van der Waals surface area contributed by atoms with E-state index in [2.05, 4.69) is 15.4 Å². The van der Waals surface area contributed by atoms with Gasteiger partial charge in [0.25, 0.3) is 0 Å². The fourth-order valence-electron chi connectivity index (χ4n) is 3.40. The molecule has 4 N–H and O–H groups in total. The normalized spacial score (nSPS) is 35.3. The van der Waals surface area contributed by atoms with Gasteiger partial charge in [0.2, 0.25) is 11.5 Å². The number of anilines is 1. The highest BCUT2D eigenvalue weighted by Gasteiger charge is 2.88. The SMILES string of the molecule is CC(C)C(=O)Nc1ncnn2c([C@@H]3O[C@]4(C#N)C(O)[C@]4(O)[C@H]3O)ccc12. The molecule has 1 saturated carbocycles. The lowest BCUT2D eigenvalue weighted by molar-refractivity contribution is -0.118. The van der Waals surface area contributed by atoms with Gasteiger partial charge in [-0.2, -0.15) is 10.4 Å². The molecule has 3 heterocycles. The van der Waals surface area contributed by atoms with Gasteiger partial charge in [0, 0.05) is 5.92 Å². The van der Waals surface area contributed by atoms with Crippen LogP contribution in [-0.2, 0) is 9.53 Å². The molecule has 1 aliphatic carbocycles. The summed E-state index contributed by atoms with van der Waals surface area (Å²) in [5.41, 5.74) is -3.08. The molecule has 10 heteroatoms. The Morgan fingerprint density at radius 1 is 1.46 bits per heavy atom. The minimum absolute atomic E-state index is 0.215. The third-order valence-electron chi connectivity index (χ3n) is 5.07. The van der Waals surface area contributed by atoms with Crippen molar-refractivity contribution in [3.63, 3.8) is 0 Å². The molecule has 2 aliphatic rings. The predicted molar refractivity (Wildman–Crippen MR) is 85.6 cm³/mol. The number of nitrogens with one attached hydrogen (secondary N) is 1. The molecule has 1 amide bonds. The van der Waals surface area contributed by atoms with Crippen LogP contribution in [0.15, 0.2) is 18.5 Å². The average molecular weight is 359 g/mol. The van der Waals surface area contributed by atoms with Gasteiger partial charge in [-0.1, -0.05) is 13.8 Å². The van der Waals surface area contributed by atoms with Crippen molar-refractivity contribution in [2.24, 2.45) is 5.92 Å². The number of fused-ring (bicyclic) bond motifs is 2. The molecule has 1 unspecified atom stereocenters. The molecule has 0 bridgehead atoms. The Bertz CT molecular complexity index is 952. The number of aliphatic hydroxyl groups is 3. The zero-order valence-corrected chi connectivity index (χ0v) is 14.0. The highest BCUT2D eigenvalue weighted by molar-refractivity contribution is 5.94. The monoisotopic (exact) mass is 359 g/mol. The van der Waals surface area contributed by atoms with Crippen LogP contribution in [0.5, 0.6) is 0 Å². The van der Waals surface area contributed by atoms with E-state index < -0.39 is 29.5 Å². The second kappa shape index (κ2) is 5.21. The summed E-state index contributed by atoms with van der Waals surface area (Å²) in [7, 11) is 0. The number of carbonyl (C=O) groups is 1. The minimum Gasteiger partial charge on any atom is -0.387 e. The lowest BCUT2D eigenvalue weighted by Gasteiger charge is -2.20. The van der Waals surface area contributed by atoms with Gasteiger partial charge in [0.15, 0.2) is 11.4 Å². The largest absolute Gasteiger partial charge is 0.387 e. The maximum absolute atomic E-state index is 11.9. The summed E-state index contributed by atoms with van der Waals surface area (Å²) in [6.45, 7) is 3.50. The fourth-order valence-corrected chi connectivity index (χ4v) is 3.40. The number of hydrogen-bond donors (Lipinski definition) is 4.